The lowest BCUT2D eigenvalue weighted by Crippen LogP contribution is -2.43. The van der Waals surface area contributed by atoms with E-state index in [4.69, 9.17) is 21.1 Å². The van der Waals surface area contributed by atoms with Crippen molar-refractivity contribution in [2.24, 2.45) is 0 Å². The maximum Gasteiger partial charge on any atom is 0.252 e. The second-order valence-electron chi connectivity index (χ2n) is 7.96. The molecule has 0 radical (unpaired) electrons. The maximum atomic E-state index is 13.6. The SMILES string of the molecule is Cc1cc(C)c2cc(CN(C[C@@H]3COCCO3)S(=O)(=O)c3ccccc3Cl)c(=O)[nH]c2c1. The van der Waals surface area contributed by atoms with Crippen LogP contribution in [0, 0.1) is 13.8 Å². The number of aryl methyl sites for hydroxylation is 2. The smallest absolute Gasteiger partial charge is 0.252 e. The Bertz CT molecular complexity index is 1300. The second-order valence-corrected chi connectivity index (χ2v) is 10.3. The molecule has 0 saturated carbocycles. The molecule has 4 rings (SSSR count). The molecule has 1 aliphatic rings. The van der Waals surface area contributed by atoms with E-state index >= 15 is 0 Å². The molecule has 1 aliphatic heterocycles. The van der Waals surface area contributed by atoms with Crippen LogP contribution in [-0.4, -0.2) is 50.2 Å². The van der Waals surface area contributed by atoms with Crippen molar-refractivity contribution in [2.45, 2.75) is 31.4 Å². The maximum absolute atomic E-state index is 13.6. The summed E-state index contributed by atoms with van der Waals surface area (Å²) in [6.45, 7) is 4.98. The topological polar surface area (TPSA) is 88.7 Å². The van der Waals surface area contributed by atoms with Crippen molar-refractivity contribution in [1.29, 1.82) is 0 Å². The summed E-state index contributed by atoms with van der Waals surface area (Å²) in [5, 5.41) is 0.995. The molecule has 0 amide bonds. The van der Waals surface area contributed by atoms with E-state index in [1.807, 2.05) is 26.0 Å². The van der Waals surface area contributed by atoms with Gasteiger partial charge in [-0.05, 0) is 49.2 Å². The summed E-state index contributed by atoms with van der Waals surface area (Å²) in [5.41, 5.74) is 2.78. The van der Waals surface area contributed by atoms with Crippen molar-refractivity contribution >= 4 is 32.5 Å². The highest BCUT2D eigenvalue weighted by atomic mass is 35.5. The lowest BCUT2D eigenvalue weighted by Gasteiger charge is -2.29. The number of benzene rings is 2. The first kappa shape index (κ1) is 22.9. The second kappa shape index (κ2) is 9.33. The Morgan fingerprint density at radius 2 is 1.94 bits per heavy atom. The van der Waals surface area contributed by atoms with Gasteiger partial charge in [-0.1, -0.05) is 29.8 Å². The van der Waals surface area contributed by atoms with Gasteiger partial charge < -0.3 is 14.5 Å². The summed E-state index contributed by atoms with van der Waals surface area (Å²) in [6, 6.07) is 12.0. The van der Waals surface area contributed by atoms with E-state index in [2.05, 4.69) is 4.98 Å². The molecule has 2 aromatic carbocycles. The number of ether oxygens (including phenoxy) is 2. The van der Waals surface area contributed by atoms with E-state index in [0.29, 0.717) is 18.8 Å². The molecule has 1 atom stereocenters. The number of rotatable bonds is 6. The van der Waals surface area contributed by atoms with E-state index in [9.17, 15) is 13.2 Å². The number of sulfonamides is 1. The van der Waals surface area contributed by atoms with Gasteiger partial charge in [-0.15, -0.1) is 0 Å². The molecule has 32 heavy (non-hydrogen) atoms. The van der Waals surface area contributed by atoms with Crippen LogP contribution in [0.25, 0.3) is 10.9 Å². The minimum atomic E-state index is -4.00. The Kier molecular flexibility index (Phi) is 6.69. The molecule has 2 heterocycles. The zero-order valence-corrected chi connectivity index (χ0v) is 19.5. The summed E-state index contributed by atoms with van der Waals surface area (Å²) in [5.74, 6) is 0. The van der Waals surface area contributed by atoms with Gasteiger partial charge in [0.1, 0.15) is 4.90 Å². The Hall–Kier alpha value is -2.23. The lowest BCUT2D eigenvalue weighted by atomic mass is 10.0. The van der Waals surface area contributed by atoms with Crippen molar-refractivity contribution in [2.75, 3.05) is 26.4 Å². The Labute approximate surface area is 192 Å². The average Bonchev–Trinajstić information content (AvgIpc) is 2.75. The van der Waals surface area contributed by atoms with Crippen molar-refractivity contribution in [3.05, 3.63) is 74.5 Å². The van der Waals surface area contributed by atoms with Gasteiger partial charge in [0, 0.05) is 29.6 Å². The molecule has 1 aromatic heterocycles. The molecule has 7 nitrogen and oxygen atoms in total. The molecule has 0 spiro atoms. The van der Waals surface area contributed by atoms with Gasteiger partial charge in [0.2, 0.25) is 10.0 Å². The van der Waals surface area contributed by atoms with E-state index < -0.39 is 16.1 Å². The van der Waals surface area contributed by atoms with Crippen LogP contribution >= 0.6 is 11.6 Å². The summed E-state index contributed by atoms with van der Waals surface area (Å²) < 4.78 is 39.5. The van der Waals surface area contributed by atoms with Crippen LogP contribution in [0.1, 0.15) is 16.7 Å². The zero-order chi connectivity index (χ0) is 22.9. The standard InChI is InChI=1S/C23H25ClN2O5S/c1-15-9-16(2)19-11-17(23(27)25-21(19)10-15)12-26(13-18-14-30-7-8-31-18)32(28,29)22-6-4-3-5-20(22)24/h3-6,9-11,18H,7-8,12-14H2,1-2H3,(H,25,27)/t18-/m1/s1. The van der Waals surface area contributed by atoms with Gasteiger partial charge in [0.15, 0.2) is 0 Å². The van der Waals surface area contributed by atoms with Gasteiger partial charge in [0.05, 0.1) is 30.9 Å². The van der Waals surface area contributed by atoms with Crippen molar-refractivity contribution in [3.63, 3.8) is 0 Å². The molecule has 0 unspecified atom stereocenters. The Balaban J connectivity index is 1.76. The highest BCUT2D eigenvalue weighted by molar-refractivity contribution is 7.89. The minimum Gasteiger partial charge on any atom is -0.376 e. The molecule has 0 bridgehead atoms. The minimum absolute atomic E-state index is 0.0117. The molecular formula is C23H25ClN2O5S. The Morgan fingerprint density at radius 3 is 2.66 bits per heavy atom. The molecule has 1 N–H and O–H groups in total. The summed E-state index contributed by atoms with van der Waals surface area (Å²) >= 11 is 6.21. The van der Waals surface area contributed by atoms with Crippen LogP contribution in [0.3, 0.4) is 0 Å². The van der Waals surface area contributed by atoms with Crippen LogP contribution in [0.2, 0.25) is 5.02 Å². The number of aromatic nitrogens is 1. The van der Waals surface area contributed by atoms with Gasteiger partial charge in [-0.25, -0.2) is 8.42 Å². The number of pyridine rings is 1. The number of halogens is 1. The first-order chi connectivity index (χ1) is 15.3. The molecular weight excluding hydrogens is 452 g/mol. The zero-order valence-electron chi connectivity index (χ0n) is 17.9. The fourth-order valence-electron chi connectivity index (χ4n) is 3.93. The monoisotopic (exact) mass is 476 g/mol. The van der Waals surface area contributed by atoms with E-state index in [1.54, 1.807) is 18.2 Å². The van der Waals surface area contributed by atoms with E-state index in [1.165, 1.54) is 16.4 Å². The first-order valence-corrected chi connectivity index (χ1v) is 12.1. The Morgan fingerprint density at radius 1 is 1.16 bits per heavy atom. The lowest BCUT2D eigenvalue weighted by molar-refractivity contribution is -0.0923. The molecule has 1 saturated heterocycles. The van der Waals surface area contributed by atoms with Crippen molar-refractivity contribution < 1.29 is 17.9 Å². The summed E-state index contributed by atoms with van der Waals surface area (Å²) in [6.07, 6.45) is -0.440. The molecule has 3 aromatic rings. The number of hydrogen-bond acceptors (Lipinski definition) is 5. The molecule has 9 heteroatoms. The highest BCUT2D eigenvalue weighted by Crippen LogP contribution is 2.27. The van der Waals surface area contributed by atoms with Gasteiger partial charge in [0.25, 0.3) is 5.56 Å². The predicted octanol–water partition coefficient (Wildman–Crippen LogP) is 3.40. The van der Waals surface area contributed by atoms with Crippen LogP contribution in [0.15, 0.2) is 52.2 Å². The third-order valence-electron chi connectivity index (χ3n) is 5.48. The number of fused-ring (bicyclic) bond motifs is 1. The predicted molar refractivity (Wildman–Crippen MR) is 124 cm³/mol. The van der Waals surface area contributed by atoms with Crippen LogP contribution in [0.5, 0.6) is 0 Å². The average molecular weight is 477 g/mol. The fraction of sp³-hybridized carbons (Fsp3) is 0.348. The first-order valence-electron chi connectivity index (χ1n) is 10.3. The van der Waals surface area contributed by atoms with Crippen LogP contribution in [-0.2, 0) is 26.0 Å². The number of nitrogens with one attached hydrogen (secondary N) is 1. The third-order valence-corrected chi connectivity index (χ3v) is 7.79. The molecule has 0 aliphatic carbocycles. The highest BCUT2D eigenvalue weighted by Gasteiger charge is 2.31. The number of H-pyrrole nitrogens is 1. The van der Waals surface area contributed by atoms with E-state index in [0.717, 1.165) is 22.0 Å². The number of hydrogen-bond donors (Lipinski definition) is 1. The van der Waals surface area contributed by atoms with E-state index in [-0.39, 0.29) is 35.2 Å². The normalized spacial score (nSPS) is 17.2. The fourth-order valence-corrected chi connectivity index (χ4v) is 5.88. The summed E-state index contributed by atoms with van der Waals surface area (Å²) in [7, 11) is -4.00. The molecule has 1 fully saturated rings. The van der Waals surface area contributed by atoms with Gasteiger partial charge >= 0.3 is 0 Å². The molecule has 170 valence electrons. The number of nitrogens with zero attached hydrogens (tertiary/aromatic N) is 1. The third kappa shape index (κ3) is 4.74. The largest absolute Gasteiger partial charge is 0.376 e. The van der Waals surface area contributed by atoms with Gasteiger partial charge in [-0.2, -0.15) is 4.31 Å². The van der Waals surface area contributed by atoms with Crippen molar-refractivity contribution in [3.8, 4) is 0 Å². The van der Waals surface area contributed by atoms with Crippen LogP contribution in [0.4, 0.5) is 0 Å². The number of aromatic amines is 1. The van der Waals surface area contributed by atoms with Crippen LogP contribution < -0.4 is 5.56 Å². The van der Waals surface area contributed by atoms with Crippen molar-refractivity contribution in [1.82, 2.24) is 9.29 Å². The summed E-state index contributed by atoms with van der Waals surface area (Å²) in [4.78, 5) is 15.7. The van der Waals surface area contributed by atoms with Gasteiger partial charge in [-0.3, -0.25) is 4.79 Å². The quantitative estimate of drug-likeness (QED) is 0.589.